The van der Waals surface area contributed by atoms with Gasteiger partial charge in [0.15, 0.2) is 10.8 Å². The van der Waals surface area contributed by atoms with Crippen LogP contribution in [0, 0.1) is 0 Å². The lowest BCUT2D eigenvalue weighted by Gasteiger charge is -2.39. The molecule has 0 N–H and O–H groups in total. The number of carbonyl (C=O) groups excluding carboxylic acids is 1. The average Bonchev–Trinajstić information content (AvgIpc) is 2.39. The summed E-state index contributed by atoms with van der Waals surface area (Å²) in [7, 11) is 1.68. The molecule has 2 heterocycles. The van der Waals surface area contributed by atoms with Crippen LogP contribution in [-0.4, -0.2) is 46.8 Å². The molecule has 0 saturated carbocycles. The van der Waals surface area contributed by atoms with Crippen LogP contribution in [0.1, 0.15) is 30.3 Å². The van der Waals surface area contributed by atoms with Crippen LogP contribution in [0.3, 0.4) is 0 Å². The van der Waals surface area contributed by atoms with Crippen molar-refractivity contribution in [3.63, 3.8) is 0 Å². The fraction of sp³-hybridized carbons (Fsp3) is 0.583. The molecule has 0 radical (unpaired) electrons. The lowest BCUT2D eigenvalue weighted by molar-refractivity contribution is -0.0441. The average molecular weight is 270 g/mol. The molecular weight excluding hydrogens is 254 g/mol. The Labute approximate surface area is 111 Å². The summed E-state index contributed by atoms with van der Waals surface area (Å²) in [4.78, 5) is 14.0. The van der Waals surface area contributed by atoms with Gasteiger partial charge < -0.3 is 9.64 Å². The Morgan fingerprint density at radius 2 is 2.28 bits per heavy atom. The highest BCUT2D eigenvalue weighted by atomic mass is 35.5. The van der Waals surface area contributed by atoms with Crippen LogP contribution in [0.25, 0.3) is 0 Å². The molecule has 0 bridgehead atoms. The Kier molecular flexibility index (Phi) is 3.82. The first-order valence-corrected chi connectivity index (χ1v) is 6.25. The van der Waals surface area contributed by atoms with Crippen molar-refractivity contribution < 1.29 is 9.53 Å². The van der Waals surface area contributed by atoms with Crippen molar-refractivity contribution in [3.8, 4) is 0 Å². The van der Waals surface area contributed by atoms with Gasteiger partial charge in [-0.15, -0.1) is 10.2 Å². The first-order valence-electron chi connectivity index (χ1n) is 5.88. The fourth-order valence-electron chi connectivity index (χ4n) is 2.14. The van der Waals surface area contributed by atoms with E-state index in [1.165, 1.54) is 0 Å². The summed E-state index contributed by atoms with van der Waals surface area (Å²) in [5.74, 6) is -0.123. The van der Waals surface area contributed by atoms with Gasteiger partial charge >= 0.3 is 0 Å². The summed E-state index contributed by atoms with van der Waals surface area (Å²) in [6, 6.07) is 3.16. The number of hydrogen-bond acceptors (Lipinski definition) is 4. The molecule has 1 aliphatic heterocycles. The molecule has 18 heavy (non-hydrogen) atoms. The van der Waals surface area contributed by atoms with E-state index < -0.39 is 0 Å². The number of nitrogens with zero attached hydrogens (tertiary/aromatic N) is 3. The van der Waals surface area contributed by atoms with Crippen molar-refractivity contribution in [1.82, 2.24) is 15.1 Å². The van der Waals surface area contributed by atoms with Crippen molar-refractivity contribution in [3.05, 3.63) is 23.0 Å². The minimum Gasteiger partial charge on any atom is -0.377 e. The topological polar surface area (TPSA) is 55.3 Å². The molecule has 0 aromatic carbocycles. The van der Waals surface area contributed by atoms with Crippen LogP contribution in [-0.2, 0) is 4.74 Å². The second-order valence-electron chi connectivity index (χ2n) is 4.73. The number of likely N-dealkylation sites (tertiary alicyclic amines) is 1. The van der Waals surface area contributed by atoms with Crippen molar-refractivity contribution in [2.75, 3.05) is 20.2 Å². The molecular formula is C12H16ClN3O2. The Hall–Kier alpha value is -1.20. The zero-order valence-corrected chi connectivity index (χ0v) is 11.3. The van der Waals surface area contributed by atoms with Gasteiger partial charge in [-0.05, 0) is 31.9 Å². The zero-order valence-electron chi connectivity index (χ0n) is 10.5. The molecule has 1 amide bonds. The minimum absolute atomic E-state index is 0.123. The molecule has 0 spiro atoms. The number of methoxy groups -OCH3 is 1. The smallest absolute Gasteiger partial charge is 0.274 e. The van der Waals surface area contributed by atoms with Gasteiger partial charge in [-0.2, -0.15) is 0 Å². The third-order valence-electron chi connectivity index (χ3n) is 3.29. The third-order valence-corrected chi connectivity index (χ3v) is 3.49. The van der Waals surface area contributed by atoms with Crippen LogP contribution >= 0.6 is 11.6 Å². The summed E-state index contributed by atoms with van der Waals surface area (Å²) in [5, 5.41) is 7.79. The van der Waals surface area contributed by atoms with E-state index >= 15 is 0 Å². The van der Waals surface area contributed by atoms with Crippen molar-refractivity contribution in [1.29, 1.82) is 0 Å². The lowest BCUT2D eigenvalue weighted by atomic mass is 9.94. The predicted octanol–water partition coefficient (Wildman–Crippen LogP) is 1.77. The molecule has 1 atom stereocenters. The lowest BCUT2D eigenvalue weighted by Crippen LogP contribution is -2.49. The molecule has 1 aromatic heterocycles. The maximum Gasteiger partial charge on any atom is 0.274 e. The van der Waals surface area contributed by atoms with E-state index in [-0.39, 0.29) is 16.7 Å². The molecule has 5 nitrogen and oxygen atoms in total. The van der Waals surface area contributed by atoms with Gasteiger partial charge in [0, 0.05) is 20.2 Å². The van der Waals surface area contributed by atoms with Gasteiger partial charge in [0.1, 0.15) is 0 Å². The van der Waals surface area contributed by atoms with Gasteiger partial charge in [0.25, 0.3) is 5.91 Å². The molecule has 98 valence electrons. The molecule has 6 heteroatoms. The van der Waals surface area contributed by atoms with Gasteiger partial charge in [0.2, 0.25) is 0 Å². The molecule has 1 fully saturated rings. The summed E-state index contributed by atoms with van der Waals surface area (Å²) in [6.45, 7) is 3.31. The van der Waals surface area contributed by atoms with Crippen LogP contribution in [0.15, 0.2) is 12.1 Å². The Balaban J connectivity index is 2.11. The number of rotatable bonds is 2. The standard InChI is InChI=1S/C12H16ClN3O2/c1-12(18-2)6-3-7-16(8-12)11(17)9-4-5-10(13)15-14-9/h4-5H,3,6-8H2,1-2H3. The molecule has 1 unspecified atom stereocenters. The van der Waals surface area contributed by atoms with E-state index in [4.69, 9.17) is 16.3 Å². The van der Waals surface area contributed by atoms with Crippen LogP contribution < -0.4 is 0 Å². The van der Waals surface area contributed by atoms with Crippen LogP contribution in [0.4, 0.5) is 0 Å². The Bertz CT molecular complexity index is 437. The number of hydrogen-bond donors (Lipinski definition) is 0. The maximum absolute atomic E-state index is 12.2. The first-order chi connectivity index (χ1) is 8.54. The Morgan fingerprint density at radius 1 is 1.50 bits per heavy atom. The fourth-order valence-corrected chi connectivity index (χ4v) is 2.24. The highest BCUT2D eigenvalue weighted by molar-refractivity contribution is 6.29. The number of carbonyl (C=O) groups is 1. The molecule has 1 aromatic rings. The quantitative estimate of drug-likeness (QED) is 0.821. The Morgan fingerprint density at radius 3 is 2.89 bits per heavy atom. The van der Waals surface area contributed by atoms with Crippen LogP contribution in [0.5, 0.6) is 0 Å². The van der Waals surface area contributed by atoms with Crippen molar-refractivity contribution in [2.24, 2.45) is 0 Å². The normalized spacial score (nSPS) is 24.1. The minimum atomic E-state index is -0.270. The third kappa shape index (κ3) is 2.79. The van der Waals surface area contributed by atoms with Gasteiger partial charge in [-0.25, -0.2) is 0 Å². The van der Waals surface area contributed by atoms with Crippen molar-refractivity contribution >= 4 is 17.5 Å². The molecule has 1 saturated heterocycles. The van der Waals surface area contributed by atoms with Crippen LogP contribution in [0.2, 0.25) is 5.15 Å². The summed E-state index contributed by atoms with van der Waals surface area (Å²) >= 11 is 5.65. The monoisotopic (exact) mass is 269 g/mol. The van der Waals surface area contributed by atoms with Crippen molar-refractivity contribution in [2.45, 2.75) is 25.4 Å². The van der Waals surface area contributed by atoms with E-state index in [1.54, 1.807) is 24.1 Å². The second-order valence-corrected chi connectivity index (χ2v) is 5.11. The van der Waals surface area contributed by atoms with E-state index in [9.17, 15) is 4.79 Å². The highest BCUT2D eigenvalue weighted by Crippen LogP contribution is 2.24. The number of aromatic nitrogens is 2. The second kappa shape index (κ2) is 5.20. The maximum atomic E-state index is 12.2. The predicted molar refractivity (Wildman–Crippen MR) is 67.6 cm³/mol. The number of piperidine rings is 1. The van der Waals surface area contributed by atoms with E-state index in [0.29, 0.717) is 12.2 Å². The molecule has 0 aliphatic carbocycles. The zero-order chi connectivity index (χ0) is 13.2. The molecule has 2 rings (SSSR count). The first kappa shape index (κ1) is 13.2. The summed E-state index contributed by atoms with van der Waals surface area (Å²) < 4.78 is 5.46. The van der Waals surface area contributed by atoms with E-state index in [0.717, 1.165) is 19.4 Å². The number of halogens is 1. The summed E-state index contributed by atoms with van der Waals surface area (Å²) in [6.07, 6.45) is 1.89. The number of ether oxygens (including phenoxy) is 1. The molecule has 1 aliphatic rings. The van der Waals surface area contributed by atoms with Gasteiger partial charge in [0.05, 0.1) is 5.60 Å². The number of amides is 1. The van der Waals surface area contributed by atoms with E-state index in [2.05, 4.69) is 10.2 Å². The van der Waals surface area contributed by atoms with Gasteiger partial charge in [-0.3, -0.25) is 4.79 Å². The highest BCUT2D eigenvalue weighted by Gasteiger charge is 2.33. The largest absolute Gasteiger partial charge is 0.377 e. The summed E-state index contributed by atoms with van der Waals surface area (Å²) in [5.41, 5.74) is 0.0491. The SMILES string of the molecule is COC1(C)CCCN(C(=O)c2ccc(Cl)nn2)C1. The van der Waals surface area contributed by atoms with Gasteiger partial charge in [-0.1, -0.05) is 11.6 Å². The van der Waals surface area contributed by atoms with E-state index in [1.807, 2.05) is 6.92 Å².